The Labute approximate surface area is 274 Å². The Morgan fingerprint density at radius 3 is 1.85 bits per heavy atom. The van der Waals surface area contributed by atoms with Gasteiger partial charge in [0, 0.05) is 16.7 Å². The summed E-state index contributed by atoms with van der Waals surface area (Å²) in [6, 6.07) is 27.4. The van der Waals surface area contributed by atoms with E-state index in [1.165, 1.54) is 25.1 Å². The molecule has 0 aliphatic rings. The molecule has 0 radical (unpaired) electrons. The van der Waals surface area contributed by atoms with Crippen molar-refractivity contribution in [3.8, 4) is 17.2 Å². The first kappa shape index (κ1) is 33.3. The molecule has 4 aromatic carbocycles. The molecule has 4 rings (SSSR count). The first-order chi connectivity index (χ1) is 17.5. The Morgan fingerprint density at radius 1 is 0.821 bits per heavy atom. The third-order valence-electron chi connectivity index (χ3n) is 6.38. The van der Waals surface area contributed by atoms with Gasteiger partial charge < -0.3 is 18.8 Å². The van der Waals surface area contributed by atoms with Crippen molar-refractivity contribution in [2.24, 2.45) is 0 Å². The molecule has 0 amide bonds. The van der Waals surface area contributed by atoms with Crippen LogP contribution in [-0.2, 0) is 15.5 Å². The molecule has 9 heteroatoms. The van der Waals surface area contributed by atoms with Crippen molar-refractivity contribution in [2.75, 3.05) is 7.11 Å². The van der Waals surface area contributed by atoms with Gasteiger partial charge in [0.25, 0.3) is 0 Å². The van der Waals surface area contributed by atoms with Crippen LogP contribution in [0.1, 0.15) is 46.5 Å². The number of carbonyl (C=O) groups is 1. The van der Waals surface area contributed by atoms with Gasteiger partial charge in [0.2, 0.25) is 0 Å². The molecule has 0 bridgehead atoms. The Balaban J connectivity index is 0.00000267. The minimum Gasteiger partial charge on any atom is -0.744 e. The summed E-state index contributed by atoms with van der Waals surface area (Å²) in [4.78, 5) is 12.4. The van der Waals surface area contributed by atoms with Gasteiger partial charge in [0.15, 0.2) is 0 Å². The van der Waals surface area contributed by atoms with Gasteiger partial charge in [-0.15, -0.1) is 12.1 Å². The predicted octanol–water partition coefficient (Wildman–Crippen LogP) is 0.0651. The monoisotopic (exact) mass is 560 g/mol. The minimum atomic E-state index is -4.68. The van der Waals surface area contributed by atoms with E-state index in [1.807, 2.05) is 36.4 Å². The fraction of sp³-hybridized carbons (Fsp3) is 0.167. The Morgan fingerprint density at radius 2 is 1.36 bits per heavy atom. The molecule has 0 aliphatic heterocycles. The van der Waals surface area contributed by atoms with E-state index < -0.39 is 20.8 Å². The van der Waals surface area contributed by atoms with Crippen LogP contribution in [0.5, 0.6) is 17.2 Å². The predicted molar refractivity (Wildman–Crippen MR) is 139 cm³/mol. The van der Waals surface area contributed by atoms with Gasteiger partial charge in [-0.1, -0.05) is 55.8 Å². The molecule has 0 atom stereocenters. The van der Waals surface area contributed by atoms with E-state index in [9.17, 15) is 17.8 Å². The van der Waals surface area contributed by atoms with Gasteiger partial charge in [-0.2, -0.15) is 12.1 Å². The number of carbonyl (C=O) groups excluding carboxylic acids is 1. The molecule has 0 heterocycles. The Bertz CT molecular complexity index is 1530. The third-order valence-corrected chi connectivity index (χ3v) is 7.36. The average molecular weight is 561 g/mol. The van der Waals surface area contributed by atoms with Crippen LogP contribution in [0, 0.1) is 13.0 Å². The molecule has 0 spiro atoms. The van der Waals surface area contributed by atoms with E-state index in [-0.39, 0.29) is 70.1 Å². The van der Waals surface area contributed by atoms with Crippen molar-refractivity contribution in [2.45, 2.75) is 31.1 Å². The fourth-order valence-corrected chi connectivity index (χ4v) is 4.77. The number of aryl methyl sites for hydroxylation is 1. The van der Waals surface area contributed by atoms with E-state index in [0.717, 1.165) is 22.9 Å². The third kappa shape index (κ3) is 7.84. The molecule has 0 N–H and O–H groups in total. The second kappa shape index (κ2) is 13.6. The summed E-state index contributed by atoms with van der Waals surface area (Å²) in [5.41, 5.74) is 2.75. The summed E-state index contributed by atoms with van der Waals surface area (Å²) in [7, 11) is -3.03. The molecule has 0 aliphatic carbocycles. The topological polar surface area (TPSA) is 92.7 Å². The van der Waals surface area contributed by atoms with Gasteiger partial charge in [-0.3, -0.25) is 0 Å². The van der Waals surface area contributed by atoms with Crippen LogP contribution >= 0.6 is 0 Å². The standard InChI is InChI=1S/C30H27O6S.2Na/c1-20-5-6-22(19-28(20)37(32,33)34)29(31)21-7-13-26(14-8-21)36-27-17-11-24(12-18-27)30(2,3)23-9-15-25(35-4)16-10-23;;/h5-13,15-19H,1-4H3,(H,32,33,34);;/q-1;2*+1/p-1. The zero-order chi connectivity index (χ0) is 26.8. The molecular formula is C30H26Na2O6S. The summed E-state index contributed by atoms with van der Waals surface area (Å²) in [6.07, 6.45) is 0. The number of methoxy groups -OCH3 is 1. The number of ether oxygens (including phenoxy) is 2. The van der Waals surface area contributed by atoms with Gasteiger partial charge in [0.1, 0.15) is 27.4 Å². The van der Waals surface area contributed by atoms with Crippen molar-refractivity contribution in [3.05, 3.63) is 119 Å². The number of benzene rings is 4. The summed E-state index contributed by atoms with van der Waals surface area (Å²) in [5.74, 6) is 1.43. The Kier molecular flexibility index (Phi) is 11.6. The molecule has 0 aromatic heterocycles. The van der Waals surface area contributed by atoms with Crippen molar-refractivity contribution >= 4 is 15.9 Å². The van der Waals surface area contributed by atoms with Crippen LogP contribution in [0.25, 0.3) is 0 Å². The largest absolute Gasteiger partial charge is 1.00 e. The van der Waals surface area contributed by atoms with Crippen molar-refractivity contribution < 1.29 is 86.4 Å². The first-order valence-electron chi connectivity index (χ1n) is 11.5. The summed E-state index contributed by atoms with van der Waals surface area (Å²) in [6.45, 7) is 5.81. The Hall–Kier alpha value is -1.94. The van der Waals surface area contributed by atoms with Crippen LogP contribution in [0.3, 0.4) is 0 Å². The normalized spacial score (nSPS) is 11.1. The van der Waals surface area contributed by atoms with Crippen molar-refractivity contribution in [1.82, 2.24) is 0 Å². The smallest absolute Gasteiger partial charge is 0.744 e. The van der Waals surface area contributed by atoms with Gasteiger partial charge >= 0.3 is 59.1 Å². The summed E-state index contributed by atoms with van der Waals surface area (Å²) < 4.78 is 45.5. The van der Waals surface area contributed by atoms with E-state index >= 15 is 0 Å². The first-order valence-corrected chi connectivity index (χ1v) is 13.0. The molecule has 39 heavy (non-hydrogen) atoms. The van der Waals surface area contributed by atoms with E-state index in [0.29, 0.717) is 22.6 Å². The molecular weight excluding hydrogens is 534 g/mol. The molecule has 0 saturated heterocycles. The van der Waals surface area contributed by atoms with Crippen molar-refractivity contribution in [1.29, 1.82) is 0 Å². The minimum absolute atomic E-state index is 0. The summed E-state index contributed by atoms with van der Waals surface area (Å²) in [5, 5.41) is 0. The van der Waals surface area contributed by atoms with Crippen LogP contribution in [0.4, 0.5) is 0 Å². The molecule has 0 fully saturated rings. The molecule has 4 aromatic rings. The van der Waals surface area contributed by atoms with E-state index in [2.05, 4.69) is 32.0 Å². The summed E-state index contributed by atoms with van der Waals surface area (Å²) >= 11 is 0. The molecule has 6 nitrogen and oxygen atoms in total. The number of rotatable bonds is 8. The zero-order valence-corrected chi connectivity index (χ0v) is 27.8. The van der Waals surface area contributed by atoms with Gasteiger partial charge in [-0.25, -0.2) is 8.42 Å². The average Bonchev–Trinajstić information content (AvgIpc) is 2.89. The second-order valence-corrected chi connectivity index (χ2v) is 10.5. The van der Waals surface area contributed by atoms with Crippen molar-refractivity contribution in [3.63, 3.8) is 0 Å². The molecule has 0 unspecified atom stereocenters. The quantitative estimate of drug-likeness (QED) is 0.131. The fourth-order valence-electron chi connectivity index (χ4n) is 4.03. The zero-order valence-electron chi connectivity index (χ0n) is 22.9. The maximum absolute atomic E-state index is 12.8. The SMILES string of the molecule is COc1ccc(C(C)(C)c2ccc(Oc3[c-]cc(C(=O)c4ccc(C)c(S(=O)(=O)[O-])c4)cc3)cc2)cc1.[Na+].[Na+]. The van der Waals surface area contributed by atoms with E-state index in [4.69, 9.17) is 9.47 Å². The van der Waals surface area contributed by atoms with Gasteiger partial charge in [-0.05, 0) is 53.9 Å². The van der Waals surface area contributed by atoms with Crippen LogP contribution in [0.15, 0.2) is 89.8 Å². The van der Waals surface area contributed by atoms with Crippen LogP contribution in [0.2, 0.25) is 0 Å². The molecule has 0 saturated carbocycles. The maximum Gasteiger partial charge on any atom is 1.00 e. The van der Waals surface area contributed by atoms with Gasteiger partial charge in [0.05, 0.1) is 12.0 Å². The molecule has 190 valence electrons. The number of hydrogen-bond donors (Lipinski definition) is 0. The second-order valence-electron chi connectivity index (χ2n) is 9.19. The number of ketones is 1. The maximum atomic E-state index is 12.8. The van der Waals surface area contributed by atoms with Crippen LogP contribution in [-0.4, -0.2) is 25.9 Å². The van der Waals surface area contributed by atoms with E-state index in [1.54, 1.807) is 19.2 Å². The van der Waals surface area contributed by atoms with Crippen LogP contribution < -0.4 is 68.6 Å². The number of hydrogen-bond acceptors (Lipinski definition) is 6.